The quantitative estimate of drug-likeness (QED) is 0.192. The highest BCUT2D eigenvalue weighted by Gasteiger charge is 2.23. The predicted molar refractivity (Wildman–Crippen MR) is 191 cm³/mol. The summed E-state index contributed by atoms with van der Waals surface area (Å²) < 4.78 is 25.4. The van der Waals surface area contributed by atoms with Crippen molar-refractivity contribution in [2.24, 2.45) is 0 Å². The summed E-state index contributed by atoms with van der Waals surface area (Å²) in [4.78, 5) is 51.5. The van der Waals surface area contributed by atoms with E-state index in [2.05, 4.69) is 21.3 Å². The molecule has 0 saturated heterocycles. The number of benzene rings is 4. The summed E-state index contributed by atoms with van der Waals surface area (Å²) in [5, 5.41) is 11.2. The van der Waals surface area contributed by atoms with Crippen molar-refractivity contribution in [1.29, 1.82) is 0 Å². The molecule has 0 radical (unpaired) electrons. The molecule has 4 amide bonds. The normalized spacial score (nSPS) is 16.9. The standard InChI is InChI=1S/C40H40N4O8/c45-33-21-49-37-25-5-1-9-29(37)19-30-10-3-7-27-18-28-8-4-12-32(40(28)52-24-36(48)44-16-15-43-35(47)23-51-39(27)30)20-31-11-2-6-26(17-25)38(31)50-22-34(46)42-14-13-41-33/h1-12H,13-24H2,(H,41,45)(H,42,46)(H,43,47)(H,44,48). The summed E-state index contributed by atoms with van der Waals surface area (Å²) in [6, 6.07) is 23.5. The van der Waals surface area contributed by atoms with Crippen molar-refractivity contribution in [3.63, 3.8) is 0 Å². The smallest absolute Gasteiger partial charge is 0.258 e. The van der Waals surface area contributed by atoms with E-state index in [1.54, 1.807) is 0 Å². The molecule has 4 aromatic rings. The SMILES string of the molecule is O=C1COc2c3cccc2Cc2cccc4c2OCC(=O)NCCNC(=O)COc2c(cccc2Cc2cccc(c2OCC(=O)NCCN1)C3)C4. The van der Waals surface area contributed by atoms with Crippen molar-refractivity contribution in [3.05, 3.63) is 117 Å². The number of ether oxygens (including phenoxy) is 4. The molecule has 4 aromatic carbocycles. The molecule has 7 rings (SSSR count). The third-order valence-corrected chi connectivity index (χ3v) is 9.17. The van der Waals surface area contributed by atoms with Gasteiger partial charge in [0.1, 0.15) is 23.0 Å². The highest BCUT2D eigenvalue weighted by atomic mass is 16.5. The maximum atomic E-state index is 12.9. The van der Waals surface area contributed by atoms with E-state index in [-0.39, 0.29) is 76.2 Å². The number of carbonyl (C=O) groups is 4. The molecule has 1 aliphatic carbocycles. The molecule has 12 bridgehead atoms. The number of amides is 4. The molecular weight excluding hydrogens is 664 g/mol. The zero-order valence-corrected chi connectivity index (χ0v) is 28.7. The van der Waals surface area contributed by atoms with Gasteiger partial charge >= 0.3 is 0 Å². The molecule has 3 aliphatic rings. The van der Waals surface area contributed by atoms with Crippen molar-refractivity contribution in [1.82, 2.24) is 21.3 Å². The molecule has 0 unspecified atom stereocenters. The fourth-order valence-electron chi connectivity index (χ4n) is 6.79. The molecule has 0 fully saturated rings. The average Bonchev–Trinajstić information content (AvgIpc) is 3.14. The molecule has 2 aliphatic heterocycles. The van der Waals surface area contributed by atoms with Crippen molar-refractivity contribution < 1.29 is 38.1 Å². The van der Waals surface area contributed by atoms with Crippen LogP contribution in [0.1, 0.15) is 44.5 Å². The topological polar surface area (TPSA) is 153 Å². The molecular formula is C40H40N4O8. The second-order valence-corrected chi connectivity index (χ2v) is 12.9. The van der Waals surface area contributed by atoms with Crippen LogP contribution >= 0.6 is 0 Å². The minimum Gasteiger partial charge on any atom is -0.483 e. The largest absolute Gasteiger partial charge is 0.483 e. The monoisotopic (exact) mass is 704 g/mol. The Balaban J connectivity index is 1.44. The first kappa shape index (κ1) is 34.4. The molecule has 0 aromatic heterocycles. The van der Waals surface area contributed by atoms with Gasteiger partial charge in [-0.15, -0.1) is 0 Å². The Morgan fingerprint density at radius 2 is 0.519 bits per heavy atom. The van der Waals surface area contributed by atoms with Crippen LogP contribution in [0.2, 0.25) is 0 Å². The third-order valence-electron chi connectivity index (χ3n) is 9.17. The molecule has 0 atom stereocenters. The Morgan fingerprint density at radius 3 is 0.712 bits per heavy atom. The van der Waals surface area contributed by atoms with Crippen molar-refractivity contribution in [3.8, 4) is 23.0 Å². The fraction of sp³-hybridized carbons (Fsp3) is 0.300. The fourth-order valence-corrected chi connectivity index (χ4v) is 6.79. The highest BCUT2D eigenvalue weighted by Crippen LogP contribution is 2.39. The van der Waals surface area contributed by atoms with E-state index in [0.29, 0.717) is 48.7 Å². The van der Waals surface area contributed by atoms with Gasteiger partial charge in [-0.1, -0.05) is 72.8 Å². The van der Waals surface area contributed by atoms with Gasteiger partial charge in [-0.2, -0.15) is 0 Å². The van der Waals surface area contributed by atoms with Crippen LogP contribution < -0.4 is 40.2 Å². The zero-order valence-electron chi connectivity index (χ0n) is 28.7. The first-order valence-electron chi connectivity index (χ1n) is 17.4. The summed E-state index contributed by atoms with van der Waals surface area (Å²) in [5.41, 5.74) is 6.60. The lowest BCUT2D eigenvalue weighted by Crippen LogP contribution is -2.38. The van der Waals surface area contributed by atoms with Gasteiger partial charge in [-0.05, 0) is 44.5 Å². The van der Waals surface area contributed by atoms with Crippen LogP contribution in [-0.2, 0) is 44.9 Å². The van der Waals surface area contributed by atoms with Gasteiger partial charge in [0.15, 0.2) is 26.4 Å². The molecule has 2 heterocycles. The van der Waals surface area contributed by atoms with Crippen LogP contribution in [0.3, 0.4) is 0 Å². The van der Waals surface area contributed by atoms with Crippen LogP contribution in [0.5, 0.6) is 23.0 Å². The van der Waals surface area contributed by atoms with Crippen molar-refractivity contribution >= 4 is 23.6 Å². The number of rotatable bonds is 0. The highest BCUT2D eigenvalue weighted by molar-refractivity contribution is 5.80. The predicted octanol–water partition coefficient (Wildman–Crippen LogP) is 2.37. The minimum absolute atomic E-state index is 0.223. The van der Waals surface area contributed by atoms with E-state index in [9.17, 15) is 19.2 Å². The molecule has 12 nitrogen and oxygen atoms in total. The second-order valence-electron chi connectivity index (χ2n) is 12.9. The Bertz CT molecular complexity index is 1730. The van der Waals surface area contributed by atoms with Crippen LogP contribution in [0.15, 0.2) is 72.8 Å². The Kier molecular flexibility index (Phi) is 10.5. The molecule has 0 spiro atoms. The van der Waals surface area contributed by atoms with Crippen molar-refractivity contribution in [2.45, 2.75) is 25.7 Å². The Labute approximate surface area is 301 Å². The van der Waals surface area contributed by atoms with E-state index < -0.39 is 0 Å². The van der Waals surface area contributed by atoms with Gasteiger partial charge in [-0.25, -0.2) is 0 Å². The summed E-state index contributed by atoms with van der Waals surface area (Å²) in [5.74, 6) is 0.995. The molecule has 52 heavy (non-hydrogen) atoms. The lowest BCUT2D eigenvalue weighted by molar-refractivity contribution is -0.124. The van der Waals surface area contributed by atoms with Crippen LogP contribution in [0.4, 0.5) is 0 Å². The number of para-hydroxylation sites is 4. The molecule has 12 heteroatoms. The van der Waals surface area contributed by atoms with E-state index >= 15 is 0 Å². The molecule has 4 N–H and O–H groups in total. The van der Waals surface area contributed by atoms with E-state index in [0.717, 1.165) is 44.5 Å². The first-order valence-corrected chi connectivity index (χ1v) is 17.4. The van der Waals surface area contributed by atoms with Gasteiger partial charge in [0.25, 0.3) is 23.6 Å². The van der Waals surface area contributed by atoms with Gasteiger partial charge in [0.05, 0.1) is 0 Å². The first-order chi connectivity index (χ1) is 25.4. The zero-order chi connectivity index (χ0) is 35.9. The molecule has 268 valence electrons. The van der Waals surface area contributed by atoms with E-state index in [1.165, 1.54) is 0 Å². The summed E-state index contributed by atoms with van der Waals surface area (Å²) in [7, 11) is 0. The van der Waals surface area contributed by atoms with Gasteiger partial charge in [-0.3, -0.25) is 19.2 Å². The van der Waals surface area contributed by atoms with E-state index in [4.69, 9.17) is 18.9 Å². The third kappa shape index (κ3) is 8.12. The number of hydrogen-bond acceptors (Lipinski definition) is 8. The van der Waals surface area contributed by atoms with Crippen molar-refractivity contribution in [2.75, 3.05) is 52.6 Å². The van der Waals surface area contributed by atoms with Gasteiger partial charge in [0.2, 0.25) is 0 Å². The number of nitrogens with one attached hydrogen (secondary N) is 4. The van der Waals surface area contributed by atoms with Crippen LogP contribution in [0, 0.1) is 0 Å². The summed E-state index contributed by atoms with van der Waals surface area (Å²) in [6.45, 7) is 0.00868. The Hall–Kier alpha value is -6.04. The maximum Gasteiger partial charge on any atom is 0.258 e. The minimum atomic E-state index is -0.317. The van der Waals surface area contributed by atoms with Crippen LogP contribution in [0.25, 0.3) is 0 Å². The van der Waals surface area contributed by atoms with E-state index in [1.807, 2.05) is 72.8 Å². The average molecular weight is 705 g/mol. The number of hydrogen-bond donors (Lipinski definition) is 4. The van der Waals surface area contributed by atoms with Gasteiger partial charge < -0.3 is 40.2 Å². The van der Waals surface area contributed by atoms with Crippen LogP contribution in [-0.4, -0.2) is 76.2 Å². The lowest BCUT2D eigenvalue weighted by Gasteiger charge is -2.22. The molecule has 0 saturated carbocycles. The summed E-state index contributed by atoms with van der Waals surface area (Å²) in [6.07, 6.45) is 1.50. The summed E-state index contributed by atoms with van der Waals surface area (Å²) >= 11 is 0. The van der Waals surface area contributed by atoms with Gasteiger partial charge in [0, 0.05) is 51.9 Å². The maximum absolute atomic E-state index is 12.9. The number of carbonyl (C=O) groups excluding carboxylic acids is 4. The Morgan fingerprint density at radius 1 is 0.327 bits per heavy atom. The second kappa shape index (κ2) is 15.9. The lowest BCUT2D eigenvalue weighted by atomic mass is 9.91.